The average Bonchev–Trinajstić information content (AvgIpc) is 3.36. The molecule has 396 valence electrons. The molecule has 6 amide bonds. The van der Waals surface area contributed by atoms with Gasteiger partial charge in [0.25, 0.3) is 11.8 Å². The minimum absolute atomic E-state index is 0.0422. The van der Waals surface area contributed by atoms with Crippen LogP contribution in [0.5, 0.6) is 28.7 Å². The Morgan fingerprint density at radius 3 is 1.33 bits per heavy atom. The second kappa shape index (κ2) is 29.4. The number of carbonyl (C=O) groups is 5. The molecule has 6 rings (SSSR count). The summed E-state index contributed by atoms with van der Waals surface area (Å²) in [7, 11) is 4.57. The quantitative estimate of drug-likeness (QED) is 0.0367. The highest BCUT2D eigenvalue weighted by Crippen LogP contribution is 2.33. The SMILES string of the molecule is C#CONc1cc(O)c(NC(=O)NC)cc1C.C#CONc1cc(O)c(NC(C)=O)cc1C.CC(=O)Nc1cc(C)cc(C)c1O.CNC(=O)c1cc(C)c2ccccc2c1O.CNC(=O)c1cc(C)cc(C)c1O. The molecule has 6 aromatic carbocycles. The Morgan fingerprint density at radius 2 is 0.880 bits per heavy atom. The Bertz CT molecular complexity index is 3120. The fourth-order valence-corrected chi connectivity index (χ4v) is 6.72. The molecule has 0 fully saturated rings. The molecule has 0 saturated carbocycles. The summed E-state index contributed by atoms with van der Waals surface area (Å²) >= 11 is 0. The van der Waals surface area contributed by atoms with Gasteiger partial charge >= 0.3 is 6.03 Å². The van der Waals surface area contributed by atoms with Gasteiger partial charge in [0.1, 0.15) is 41.0 Å². The minimum atomic E-state index is -0.416. The van der Waals surface area contributed by atoms with Gasteiger partial charge in [0.2, 0.25) is 11.8 Å². The summed E-state index contributed by atoms with van der Waals surface area (Å²) < 4.78 is 0. The number of amides is 6. The number of hydrogen-bond donors (Lipinski definition) is 13. The third-order valence-corrected chi connectivity index (χ3v) is 10.3. The first-order valence-electron chi connectivity index (χ1n) is 22.6. The number of hydrogen-bond acceptors (Lipinski definition) is 14. The Balaban J connectivity index is 0.000000322. The van der Waals surface area contributed by atoms with Crippen LogP contribution in [-0.4, -0.2) is 76.3 Å². The normalized spacial score (nSPS) is 9.57. The van der Waals surface area contributed by atoms with Gasteiger partial charge in [0, 0.05) is 52.5 Å². The van der Waals surface area contributed by atoms with Gasteiger partial charge in [-0.3, -0.25) is 19.2 Å². The number of nitrogens with one attached hydrogen (secondary N) is 8. The van der Waals surface area contributed by atoms with Crippen LogP contribution < -0.4 is 42.9 Å². The molecule has 0 unspecified atom stereocenters. The van der Waals surface area contributed by atoms with Gasteiger partial charge in [-0.15, -0.1) is 0 Å². The maximum Gasteiger partial charge on any atom is 0.319 e. The highest BCUT2D eigenvalue weighted by atomic mass is 16.6. The maximum atomic E-state index is 11.6. The number of benzene rings is 6. The molecule has 0 radical (unpaired) electrons. The summed E-state index contributed by atoms with van der Waals surface area (Å²) in [5, 5.41) is 65.0. The molecule has 0 aliphatic carbocycles. The number of carbonyl (C=O) groups excluding carboxylic acids is 5. The van der Waals surface area contributed by atoms with Crippen LogP contribution >= 0.6 is 0 Å². The van der Waals surface area contributed by atoms with E-state index < -0.39 is 6.03 Å². The molecule has 0 aliphatic heterocycles. The third kappa shape index (κ3) is 18.6. The van der Waals surface area contributed by atoms with Crippen LogP contribution in [0.4, 0.5) is 33.2 Å². The van der Waals surface area contributed by atoms with Gasteiger partial charge in [-0.05, 0) is 123 Å². The van der Waals surface area contributed by atoms with Crippen molar-refractivity contribution in [2.24, 2.45) is 0 Å². The Labute approximate surface area is 435 Å². The number of phenolic OH excluding ortho intramolecular Hbond substituents is 5. The van der Waals surface area contributed by atoms with Crippen molar-refractivity contribution in [2.45, 2.75) is 62.3 Å². The number of terminal acetylenes is 2. The number of rotatable bonds is 9. The monoisotopic (exact) mass is 1030 g/mol. The van der Waals surface area contributed by atoms with E-state index in [1.807, 2.05) is 69.4 Å². The van der Waals surface area contributed by atoms with Gasteiger partial charge < -0.3 is 67.1 Å². The molecule has 0 heterocycles. The van der Waals surface area contributed by atoms with Crippen LogP contribution in [0.15, 0.2) is 78.9 Å². The van der Waals surface area contributed by atoms with E-state index in [-0.39, 0.29) is 52.4 Å². The van der Waals surface area contributed by atoms with Gasteiger partial charge in [0.15, 0.2) is 0 Å². The molecule has 6 aromatic rings. The Hall–Kier alpha value is -9.95. The van der Waals surface area contributed by atoms with E-state index in [4.69, 9.17) is 12.8 Å². The van der Waals surface area contributed by atoms with E-state index in [2.05, 4.69) is 52.5 Å². The molecule has 75 heavy (non-hydrogen) atoms. The fourth-order valence-electron chi connectivity index (χ4n) is 6.72. The zero-order valence-corrected chi connectivity index (χ0v) is 43.8. The first-order valence-corrected chi connectivity index (χ1v) is 22.6. The van der Waals surface area contributed by atoms with Crippen molar-refractivity contribution in [1.82, 2.24) is 16.0 Å². The Morgan fingerprint density at radius 1 is 0.453 bits per heavy atom. The number of fused-ring (bicyclic) bond motifs is 1. The molecule has 0 spiro atoms. The average molecular weight is 1030 g/mol. The maximum absolute atomic E-state index is 11.6. The Kier molecular flexibility index (Phi) is 24.0. The van der Waals surface area contributed by atoms with Gasteiger partial charge in [-0.1, -0.05) is 49.2 Å². The lowest BCUT2D eigenvalue weighted by Crippen LogP contribution is -2.24. The highest BCUT2D eigenvalue weighted by Gasteiger charge is 2.15. The van der Waals surface area contributed by atoms with Crippen LogP contribution in [0.1, 0.15) is 73.5 Å². The van der Waals surface area contributed by atoms with Gasteiger partial charge in [0.05, 0.1) is 39.6 Å². The van der Waals surface area contributed by atoms with E-state index in [0.29, 0.717) is 45.0 Å². The van der Waals surface area contributed by atoms with E-state index in [1.165, 1.54) is 33.0 Å². The number of phenols is 5. The number of anilines is 5. The predicted molar refractivity (Wildman–Crippen MR) is 292 cm³/mol. The van der Waals surface area contributed by atoms with E-state index in [9.17, 15) is 49.5 Å². The standard InChI is InChI=1S/C13H13NO2.C11H13N3O3.C11H12N2O3.2C10H13NO2/c1-8-7-11(13(16)14-2)12(15)10-6-4-3-5-9(8)10;1-4-17-14-8-6-10(15)9(5-7(8)2)13-11(16)12-3;1-4-16-13-9-6-11(15)10(5-7(9)2)12-8(3)14;1-6-4-7(2)9(12)8(5-6)10(13)11-3;1-6-4-7(2)10(13)9(5-6)11-8(3)12/h3-7,15H,1-2H3,(H,14,16);1,5-6,14-15H,2-3H3,(H2,12,13,16);1,5-6,13,15H,2-3H3,(H,12,14);4-5,12H,1-3H3,(H,11,13);4-5,13H,1-3H3,(H,11,12). The topological polar surface area (TPSA) is 301 Å². The molecule has 0 saturated heterocycles. The molecular formula is C55H64N8O12. The lowest BCUT2D eigenvalue weighted by Gasteiger charge is -2.11. The molecule has 0 atom stereocenters. The first kappa shape index (κ1) is 61.2. The van der Waals surface area contributed by atoms with Gasteiger partial charge in [-0.25, -0.2) is 15.8 Å². The van der Waals surface area contributed by atoms with E-state index in [0.717, 1.165) is 44.3 Å². The van der Waals surface area contributed by atoms with Crippen molar-refractivity contribution >= 4 is 68.9 Å². The molecule has 20 heteroatoms. The number of aromatic hydroxyl groups is 5. The lowest BCUT2D eigenvalue weighted by atomic mass is 10.00. The highest BCUT2D eigenvalue weighted by molar-refractivity contribution is 6.04. The molecule has 13 N–H and O–H groups in total. The summed E-state index contributed by atoms with van der Waals surface area (Å²) in [5.74, 6) is -0.885. The summed E-state index contributed by atoms with van der Waals surface area (Å²) in [6.07, 6.45) is 13.7. The lowest BCUT2D eigenvalue weighted by molar-refractivity contribution is -0.115. The van der Waals surface area contributed by atoms with Crippen molar-refractivity contribution in [1.29, 1.82) is 0 Å². The number of aryl methyl sites for hydroxylation is 7. The zero-order valence-electron chi connectivity index (χ0n) is 43.8. The van der Waals surface area contributed by atoms with Crippen molar-refractivity contribution in [3.8, 4) is 53.8 Å². The third-order valence-electron chi connectivity index (χ3n) is 10.3. The van der Waals surface area contributed by atoms with Crippen molar-refractivity contribution < 1.29 is 59.2 Å². The van der Waals surface area contributed by atoms with Crippen molar-refractivity contribution in [2.75, 3.05) is 48.1 Å². The van der Waals surface area contributed by atoms with E-state index >= 15 is 0 Å². The summed E-state index contributed by atoms with van der Waals surface area (Å²) in [4.78, 5) is 64.7. The largest absolute Gasteiger partial charge is 0.507 e. The summed E-state index contributed by atoms with van der Waals surface area (Å²) in [5.41, 5.74) is 13.7. The summed E-state index contributed by atoms with van der Waals surface area (Å²) in [6, 6.07) is 21.9. The van der Waals surface area contributed by atoms with E-state index in [1.54, 1.807) is 72.1 Å². The molecule has 0 aliphatic rings. The second-order valence-corrected chi connectivity index (χ2v) is 16.3. The molecule has 0 aromatic heterocycles. The number of urea groups is 1. The molecule has 0 bridgehead atoms. The first-order chi connectivity index (χ1) is 35.3. The minimum Gasteiger partial charge on any atom is -0.507 e. The fraction of sp³-hybridized carbons (Fsp3) is 0.218. The van der Waals surface area contributed by atoms with Crippen LogP contribution in [0.25, 0.3) is 10.8 Å². The molecule has 20 nitrogen and oxygen atoms in total. The predicted octanol–water partition coefficient (Wildman–Crippen LogP) is 8.53. The summed E-state index contributed by atoms with van der Waals surface area (Å²) in [6.45, 7) is 15.6. The van der Waals surface area contributed by atoms with Crippen LogP contribution in [0.3, 0.4) is 0 Å². The molecular weight excluding hydrogens is 965 g/mol. The second-order valence-electron chi connectivity index (χ2n) is 16.3. The zero-order chi connectivity index (χ0) is 56.7. The van der Waals surface area contributed by atoms with Gasteiger partial charge in [-0.2, -0.15) is 0 Å². The van der Waals surface area contributed by atoms with Crippen LogP contribution in [0.2, 0.25) is 0 Å². The van der Waals surface area contributed by atoms with Crippen molar-refractivity contribution in [3.05, 3.63) is 129 Å². The van der Waals surface area contributed by atoms with Crippen LogP contribution in [0, 0.1) is 73.5 Å². The van der Waals surface area contributed by atoms with Crippen LogP contribution in [-0.2, 0) is 19.3 Å². The smallest absolute Gasteiger partial charge is 0.319 e. The van der Waals surface area contributed by atoms with Crippen molar-refractivity contribution in [3.63, 3.8) is 0 Å².